The molecule has 1 aromatic rings. The zero-order valence-electron chi connectivity index (χ0n) is 11.2. The summed E-state index contributed by atoms with van der Waals surface area (Å²) in [6, 6.07) is 1.88. The standard InChI is InChI=1S/C13H20N2O3/c1-9(2)11-7-10(18-15-11)8-14-12(16)13(3)5-4-6-17-13/h7,9H,4-6,8H2,1-3H3,(H,14,16)/t13-/m0/s1. The summed E-state index contributed by atoms with van der Waals surface area (Å²) in [4.78, 5) is 12.0. The molecule has 1 aliphatic rings. The highest BCUT2D eigenvalue weighted by Crippen LogP contribution is 2.25. The number of nitrogens with one attached hydrogen (secondary N) is 1. The highest BCUT2D eigenvalue weighted by molar-refractivity contribution is 5.84. The van der Waals surface area contributed by atoms with Gasteiger partial charge in [-0.05, 0) is 25.7 Å². The molecule has 1 aliphatic heterocycles. The molecule has 1 fully saturated rings. The first kappa shape index (κ1) is 13.1. The first-order valence-corrected chi connectivity index (χ1v) is 6.39. The summed E-state index contributed by atoms with van der Waals surface area (Å²) < 4.78 is 10.6. The molecule has 5 nitrogen and oxygen atoms in total. The maximum atomic E-state index is 12.0. The molecule has 1 saturated heterocycles. The second kappa shape index (κ2) is 5.10. The van der Waals surface area contributed by atoms with Crippen molar-refractivity contribution in [3.63, 3.8) is 0 Å². The van der Waals surface area contributed by atoms with Crippen LogP contribution in [0.5, 0.6) is 0 Å². The second-order valence-corrected chi connectivity index (χ2v) is 5.24. The van der Waals surface area contributed by atoms with Gasteiger partial charge in [-0.2, -0.15) is 0 Å². The quantitative estimate of drug-likeness (QED) is 0.890. The fourth-order valence-electron chi connectivity index (χ4n) is 2.00. The Morgan fingerprint density at radius 1 is 1.61 bits per heavy atom. The summed E-state index contributed by atoms with van der Waals surface area (Å²) in [5, 5.41) is 6.79. The number of hydrogen-bond donors (Lipinski definition) is 1. The second-order valence-electron chi connectivity index (χ2n) is 5.24. The predicted octanol–water partition coefficient (Wildman–Crippen LogP) is 1.98. The van der Waals surface area contributed by atoms with Crippen LogP contribution >= 0.6 is 0 Å². The SMILES string of the molecule is CC(C)c1cc(CNC(=O)[C@]2(C)CCCO2)on1. The van der Waals surface area contributed by atoms with Crippen molar-refractivity contribution < 1.29 is 14.1 Å². The minimum absolute atomic E-state index is 0.0810. The number of hydrogen-bond acceptors (Lipinski definition) is 4. The molecule has 1 N–H and O–H groups in total. The summed E-state index contributed by atoms with van der Waals surface area (Å²) in [6.45, 7) is 6.94. The summed E-state index contributed by atoms with van der Waals surface area (Å²) in [5.41, 5.74) is 0.226. The Hall–Kier alpha value is -1.36. The van der Waals surface area contributed by atoms with Crippen molar-refractivity contribution in [2.24, 2.45) is 0 Å². The van der Waals surface area contributed by atoms with Crippen LogP contribution in [0.3, 0.4) is 0 Å². The lowest BCUT2D eigenvalue weighted by atomic mass is 10.0. The number of carbonyl (C=O) groups excluding carboxylic acids is 1. The van der Waals surface area contributed by atoms with E-state index in [0.717, 1.165) is 18.5 Å². The Bertz CT molecular complexity index is 420. The molecule has 1 atom stereocenters. The van der Waals surface area contributed by atoms with Crippen LogP contribution in [0.4, 0.5) is 0 Å². The van der Waals surface area contributed by atoms with Crippen molar-refractivity contribution in [3.8, 4) is 0 Å². The van der Waals surface area contributed by atoms with Crippen molar-refractivity contribution in [1.82, 2.24) is 10.5 Å². The van der Waals surface area contributed by atoms with Gasteiger partial charge in [0.2, 0.25) is 0 Å². The van der Waals surface area contributed by atoms with Crippen LogP contribution in [0, 0.1) is 0 Å². The van der Waals surface area contributed by atoms with E-state index in [-0.39, 0.29) is 5.91 Å². The summed E-state index contributed by atoms with van der Waals surface area (Å²) in [7, 11) is 0. The largest absolute Gasteiger partial charge is 0.365 e. The Labute approximate surface area is 107 Å². The molecule has 18 heavy (non-hydrogen) atoms. The number of amides is 1. The third-order valence-corrected chi connectivity index (χ3v) is 3.29. The molecule has 100 valence electrons. The van der Waals surface area contributed by atoms with Gasteiger partial charge in [0.1, 0.15) is 5.60 Å². The summed E-state index contributed by atoms with van der Waals surface area (Å²) in [5.74, 6) is 0.921. The van der Waals surface area contributed by atoms with Crippen molar-refractivity contribution in [3.05, 3.63) is 17.5 Å². The third-order valence-electron chi connectivity index (χ3n) is 3.29. The molecule has 0 aliphatic carbocycles. The molecule has 2 rings (SSSR count). The van der Waals surface area contributed by atoms with E-state index in [2.05, 4.69) is 10.5 Å². The zero-order chi connectivity index (χ0) is 13.2. The lowest BCUT2D eigenvalue weighted by Gasteiger charge is -2.21. The van der Waals surface area contributed by atoms with Gasteiger partial charge >= 0.3 is 0 Å². The monoisotopic (exact) mass is 252 g/mol. The average Bonchev–Trinajstić information content (AvgIpc) is 2.95. The maximum Gasteiger partial charge on any atom is 0.252 e. The first-order chi connectivity index (χ1) is 8.51. The molecule has 0 saturated carbocycles. The highest BCUT2D eigenvalue weighted by Gasteiger charge is 2.37. The van der Waals surface area contributed by atoms with Gasteiger partial charge in [0.25, 0.3) is 5.91 Å². The normalized spacial score (nSPS) is 23.6. The molecule has 0 bridgehead atoms. The van der Waals surface area contributed by atoms with Gasteiger partial charge in [0.05, 0.1) is 12.2 Å². The van der Waals surface area contributed by atoms with Crippen molar-refractivity contribution in [2.75, 3.05) is 6.61 Å². The topological polar surface area (TPSA) is 64.4 Å². The van der Waals surface area contributed by atoms with E-state index in [1.54, 1.807) is 0 Å². The lowest BCUT2D eigenvalue weighted by Crippen LogP contribution is -2.43. The minimum atomic E-state index is -0.680. The third kappa shape index (κ3) is 2.72. The van der Waals surface area contributed by atoms with E-state index in [1.807, 2.05) is 26.8 Å². The van der Waals surface area contributed by atoms with E-state index in [9.17, 15) is 4.79 Å². The van der Waals surface area contributed by atoms with Crippen LogP contribution in [0.1, 0.15) is 51.0 Å². The van der Waals surface area contributed by atoms with Crippen molar-refractivity contribution in [2.45, 2.75) is 51.7 Å². The van der Waals surface area contributed by atoms with E-state index in [1.165, 1.54) is 0 Å². The maximum absolute atomic E-state index is 12.0. The van der Waals surface area contributed by atoms with Gasteiger partial charge in [-0.15, -0.1) is 0 Å². The fourth-order valence-corrected chi connectivity index (χ4v) is 2.00. The van der Waals surface area contributed by atoms with Crippen LogP contribution < -0.4 is 5.32 Å². The number of rotatable bonds is 4. The molecule has 0 unspecified atom stereocenters. The fraction of sp³-hybridized carbons (Fsp3) is 0.692. The van der Waals surface area contributed by atoms with E-state index in [4.69, 9.17) is 9.26 Å². The molecule has 2 heterocycles. The Morgan fingerprint density at radius 2 is 2.39 bits per heavy atom. The van der Waals surface area contributed by atoms with Crippen LogP contribution in [-0.2, 0) is 16.1 Å². The molecule has 0 aromatic carbocycles. The first-order valence-electron chi connectivity index (χ1n) is 6.39. The van der Waals surface area contributed by atoms with Crippen LogP contribution in [0.2, 0.25) is 0 Å². The Kier molecular flexibility index (Phi) is 3.71. The molecule has 1 amide bonds. The molecule has 0 spiro atoms. The molecule has 1 aromatic heterocycles. The molecular weight excluding hydrogens is 232 g/mol. The number of aromatic nitrogens is 1. The van der Waals surface area contributed by atoms with Crippen molar-refractivity contribution in [1.29, 1.82) is 0 Å². The summed E-state index contributed by atoms with van der Waals surface area (Å²) in [6.07, 6.45) is 1.70. The lowest BCUT2D eigenvalue weighted by molar-refractivity contribution is -0.139. The molecule has 5 heteroatoms. The van der Waals surface area contributed by atoms with E-state index < -0.39 is 5.60 Å². The Morgan fingerprint density at radius 3 is 2.94 bits per heavy atom. The highest BCUT2D eigenvalue weighted by atomic mass is 16.5. The van der Waals surface area contributed by atoms with Gasteiger partial charge in [-0.3, -0.25) is 4.79 Å². The van der Waals surface area contributed by atoms with Gasteiger partial charge in [0.15, 0.2) is 5.76 Å². The van der Waals surface area contributed by atoms with Gasteiger partial charge < -0.3 is 14.6 Å². The number of nitrogens with zero attached hydrogens (tertiary/aromatic N) is 1. The van der Waals surface area contributed by atoms with Crippen LogP contribution in [-0.4, -0.2) is 23.3 Å². The Balaban J connectivity index is 1.89. The average molecular weight is 252 g/mol. The summed E-state index contributed by atoms with van der Waals surface area (Å²) >= 11 is 0. The van der Waals surface area contributed by atoms with Gasteiger partial charge in [-0.25, -0.2) is 0 Å². The van der Waals surface area contributed by atoms with Crippen LogP contribution in [0.15, 0.2) is 10.6 Å². The van der Waals surface area contributed by atoms with Crippen molar-refractivity contribution >= 4 is 5.91 Å². The smallest absolute Gasteiger partial charge is 0.252 e. The molecular formula is C13H20N2O3. The minimum Gasteiger partial charge on any atom is -0.365 e. The van der Waals surface area contributed by atoms with E-state index >= 15 is 0 Å². The van der Waals surface area contributed by atoms with Gasteiger partial charge in [0, 0.05) is 12.7 Å². The molecule has 0 radical (unpaired) electrons. The number of carbonyl (C=O) groups is 1. The number of ether oxygens (including phenoxy) is 1. The van der Waals surface area contributed by atoms with Crippen LogP contribution in [0.25, 0.3) is 0 Å². The predicted molar refractivity (Wildman–Crippen MR) is 66.0 cm³/mol. The zero-order valence-corrected chi connectivity index (χ0v) is 11.2. The van der Waals surface area contributed by atoms with Gasteiger partial charge in [-0.1, -0.05) is 19.0 Å². The van der Waals surface area contributed by atoms with E-state index in [0.29, 0.717) is 24.8 Å².